The molecule has 2 aromatic rings. The van der Waals surface area contributed by atoms with Crippen LogP contribution in [0.1, 0.15) is 42.0 Å². The van der Waals surface area contributed by atoms with Gasteiger partial charge in [-0.15, -0.1) is 0 Å². The summed E-state index contributed by atoms with van der Waals surface area (Å²) in [5, 5.41) is 14.5. The average molecular weight is 380 g/mol. The molecule has 0 aliphatic carbocycles. The third-order valence-electron chi connectivity index (χ3n) is 6.01. The molecule has 1 spiro atoms. The Hall–Kier alpha value is -2.37. The lowest BCUT2D eigenvalue weighted by Gasteiger charge is -2.44. The lowest BCUT2D eigenvalue weighted by molar-refractivity contribution is 0.144. The summed E-state index contributed by atoms with van der Waals surface area (Å²) in [7, 11) is 3.75. The molecule has 4 rings (SSSR count). The average Bonchev–Trinajstić information content (AvgIpc) is 2.71. The number of hydrogen-bond acceptors (Lipinski definition) is 5. The van der Waals surface area contributed by atoms with Gasteiger partial charge < -0.3 is 14.7 Å². The van der Waals surface area contributed by atoms with Crippen molar-refractivity contribution >= 4 is 5.71 Å². The highest BCUT2D eigenvalue weighted by Crippen LogP contribution is 2.40. The first-order valence-electron chi connectivity index (χ1n) is 9.97. The molecule has 5 nitrogen and oxygen atoms in total. The van der Waals surface area contributed by atoms with Crippen molar-refractivity contribution in [1.29, 1.82) is 0 Å². The van der Waals surface area contributed by atoms with E-state index in [9.17, 15) is 5.11 Å². The highest BCUT2D eigenvalue weighted by atomic mass is 16.5. The fourth-order valence-corrected chi connectivity index (χ4v) is 4.25. The van der Waals surface area contributed by atoms with Crippen LogP contribution in [0.3, 0.4) is 0 Å². The van der Waals surface area contributed by atoms with Crippen LogP contribution in [0.4, 0.5) is 0 Å². The molecule has 2 aromatic carbocycles. The summed E-state index contributed by atoms with van der Waals surface area (Å²) in [5.41, 5.74) is 4.10. The van der Waals surface area contributed by atoms with Crippen LogP contribution in [0.15, 0.2) is 47.5 Å². The maximum absolute atomic E-state index is 10.8. The Balaban J connectivity index is 1.74. The summed E-state index contributed by atoms with van der Waals surface area (Å²) < 4.78 is 5.34. The van der Waals surface area contributed by atoms with Crippen LogP contribution in [0.25, 0.3) is 0 Å². The Morgan fingerprint density at radius 1 is 1.14 bits per heavy atom. The van der Waals surface area contributed by atoms with E-state index in [4.69, 9.17) is 9.73 Å². The Morgan fingerprint density at radius 3 is 2.54 bits per heavy atom. The van der Waals surface area contributed by atoms with Gasteiger partial charge in [-0.1, -0.05) is 42.0 Å². The molecule has 148 valence electrons. The standard InChI is InChI=1S/C23H29N3O2/c1-16-7-9-17(10-8-16)19-15-20(18-5-4-6-21(28-3)22(18)27)25-23(24-19)11-13-26(2)14-12-23/h4-10,20,25,27H,11-15H2,1-3H3/t20-/m0/s1. The number of likely N-dealkylation sites (tertiary alicyclic amines) is 1. The van der Waals surface area contributed by atoms with Gasteiger partial charge in [-0.2, -0.15) is 0 Å². The van der Waals surface area contributed by atoms with Gasteiger partial charge in [0.05, 0.1) is 7.11 Å². The lowest BCUT2D eigenvalue weighted by Crippen LogP contribution is -2.55. The predicted molar refractivity (Wildman–Crippen MR) is 112 cm³/mol. The number of nitrogens with one attached hydrogen (secondary N) is 1. The van der Waals surface area contributed by atoms with Gasteiger partial charge in [0.25, 0.3) is 0 Å². The predicted octanol–water partition coefficient (Wildman–Crippen LogP) is 3.65. The second-order valence-electron chi connectivity index (χ2n) is 8.06. The van der Waals surface area contributed by atoms with Gasteiger partial charge in [-0.05, 0) is 38.4 Å². The minimum Gasteiger partial charge on any atom is -0.504 e. The monoisotopic (exact) mass is 379 g/mol. The Labute approximate surface area is 167 Å². The van der Waals surface area contributed by atoms with Gasteiger partial charge in [-0.25, -0.2) is 0 Å². The number of aromatic hydroxyl groups is 1. The minimum atomic E-state index is -0.287. The van der Waals surface area contributed by atoms with Crippen molar-refractivity contribution in [3.63, 3.8) is 0 Å². The van der Waals surface area contributed by atoms with Gasteiger partial charge >= 0.3 is 0 Å². The fourth-order valence-electron chi connectivity index (χ4n) is 4.25. The van der Waals surface area contributed by atoms with E-state index in [1.165, 1.54) is 5.56 Å². The molecule has 2 aliphatic heterocycles. The Morgan fingerprint density at radius 2 is 1.86 bits per heavy atom. The molecule has 0 bridgehead atoms. The molecule has 0 aromatic heterocycles. The zero-order valence-corrected chi connectivity index (χ0v) is 16.9. The van der Waals surface area contributed by atoms with Crippen LogP contribution in [0.5, 0.6) is 11.5 Å². The molecule has 2 aliphatic rings. The summed E-state index contributed by atoms with van der Waals surface area (Å²) in [5.74, 6) is 0.729. The van der Waals surface area contributed by atoms with E-state index in [0.29, 0.717) is 5.75 Å². The maximum Gasteiger partial charge on any atom is 0.162 e. The number of para-hydroxylation sites is 1. The van der Waals surface area contributed by atoms with Crippen molar-refractivity contribution < 1.29 is 9.84 Å². The summed E-state index contributed by atoms with van der Waals surface area (Å²) >= 11 is 0. The highest BCUT2D eigenvalue weighted by Gasteiger charge is 2.40. The second-order valence-corrected chi connectivity index (χ2v) is 8.06. The Bertz CT molecular complexity index is 868. The molecular formula is C23H29N3O2. The summed E-state index contributed by atoms with van der Waals surface area (Å²) in [4.78, 5) is 7.57. The maximum atomic E-state index is 10.8. The number of methoxy groups -OCH3 is 1. The number of hydrogen-bond donors (Lipinski definition) is 2. The minimum absolute atomic E-state index is 0.00712. The number of rotatable bonds is 3. The molecule has 1 saturated heterocycles. The lowest BCUT2D eigenvalue weighted by atomic mass is 9.87. The normalized spacial score (nSPS) is 22.1. The van der Waals surface area contributed by atoms with Gasteiger partial charge in [-0.3, -0.25) is 10.3 Å². The topological polar surface area (TPSA) is 57.1 Å². The van der Waals surface area contributed by atoms with E-state index in [1.54, 1.807) is 13.2 Å². The Kier molecular flexibility index (Phi) is 5.13. The number of ether oxygens (including phenoxy) is 1. The molecule has 1 atom stereocenters. The number of aryl methyl sites for hydroxylation is 1. The second kappa shape index (κ2) is 7.57. The molecule has 0 radical (unpaired) electrons. The van der Waals surface area contributed by atoms with Crippen LogP contribution in [-0.4, -0.2) is 48.6 Å². The van der Waals surface area contributed by atoms with Gasteiger partial charge in [0, 0.05) is 36.8 Å². The summed E-state index contributed by atoms with van der Waals surface area (Å²) in [6.07, 6.45) is 2.65. The summed E-state index contributed by atoms with van der Waals surface area (Å²) in [6.45, 7) is 4.12. The molecule has 28 heavy (non-hydrogen) atoms. The molecule has 0 saturated carbocycles. The molecule has 2 N–H and O–H groups in total. The van der Waals surface area contributed by atoms with Crippen molar-refractivity contribution in [3.05, 3.63) is 59.2 Å². The molecule has 1 fully saturated rings. The van der Waals surface area contributed by atoms with Crippen molar-refractivity contribution in [3.8, 4) is 11.5 Å². The molecule has 0 unspecified atom stereocenters. The van der Waals surface area contributed by atoms with Gasteiger partial charge in [0.1, 0.15) is 5.66 Å². The van der Waals surface area contributed by atoms with E-state index in [2.05, 4.69) is 48.5 Å². The van der Waals surface area contributed by atoms with Gasteiger partial charge in [0.15, 0.2) is 11.5 Å². The largest absolute Gasteiger partial charge is 0.504 e. The van der Waals surface area contributed by atoms with Gasteiger partial charge in [0.2, 0.25) is 0 Å². The van der Waals surface area contributed by atoms with Crippen molar-refractivity contribution in [2.75, 3.05) is 27.2 Å². The first-order valence-corrected chi connectivity index (χ1v) is 9.97. The SMILES string of the molecule is COc1cccc([C@@H]2CC(c3ccc(C)cc3)=NC3(CCN(C)CC3)N2)c1O. The van der Waals surface area contributed by atoms with Crippen LogP contribution in [0, 0.1) is 6.92 Å². The molecule has 0 amide bonds. The van der Waals surface area contributed by atoms with Crippen LogP contribution in [-0.2, 0) is 0 Å². The van der Waals surface area contributed by atoms with Crippen LogP contribution >= 0.6 is 0 Å². The van der Waals surface area contributed by atoms with E-state index in [-0.39, 0.29) is 17.5 Å². The number of phenols is 1. The van der Waals surface area contributed by atoms with Crippen LogP contribution < -0.4 is 10.1 Å². The van der Waals surface area contributed by atoms with Crippen LogP contribution in [0.2, 0.25) is 0 Å². The number of nitrogens with zero attached hydrogens (tertiary/aromatic N) is 2. The first kappa shape index (κ1) is 19.0. The third-order valence-corrected chi connectivity index (χ3v) is 6.01. The molecule has 2 heterocycles. The third kappa shape index (κ3) is 3.64. The smallest absolute Gasteiger partial charge is 0.162 e. The number of phenolic OH excluding ortho intramolecular Hbond substituents is 1. The number of piperidine rings is 1. The fraction of sp³-hybridized carbons (Fsp3) is 0.435. The molecular weight excluding hydrogens is 350 g/mol. The summed E-state index contributed by atoms with van der Waals surface area (Å²) in [6, 6.07) is 14.3. The van der Waals surface area contributed by atoms with E-state index in [0.717, 1.165) is 49.2 Å². The molecule has 5 heteroatoms. The van der Waals surface area contributed by atoms with Crippen molar-refractivity contribution in [1.82, 2.24) is 10.2 Å². The van der Waals surface area contributed by atoms with E-state index in [1.807, 2.05) is 12.1 Å². The zero-order valence-electron chi connectivity index (χ0n) is 16.9. The number of benzene rings is 2. The first-order chi connectivity index (χ1) is 13.5. The van der Waals surface area contributed by atoms with E-state index < -0.39 is 0 Å². The number of aliphatic imine (C=N–C) groups is 1. The van der Waals surface area contributed by atoms with Crippen molar-refractivity contribution in [2.24, 2.45) is 4.99 Å². The zero-order chi connectivity index (χ0) is 19.7. The van der Waals surface area contributed by atoms with E-state index >= 15 is 0 Å². The quantitative estimate of drug-likeness (QED) is 0.855. The van der Waals surface area contributed by atoms with Crippen molar-refractivity contribution in [2.45, 2.75) is 37.9 Å². The highest BCUT2D eigenvalue weighted by molar-refractivity contribution is 6.01.